The number of hydrogen-bond donors (Lipinski definition) is 0. The normalized spacial score (nSPS) is 8.08. The molecule has 0 aromatic carbocycles. The molecule has 0 saturated heterocycles. The topological polar surface area (TPSA) is 84.3 Å². The maximum absolute atomic E-state index is 8.63. The number of pyridine rings is 1. The van der Waals surface area contributed by atoms with E-state index in [2.05, 4.69) is 4.98 Å². The lowest BCUT2D eigenvalue weighted by molar-refractivity contribution is 1.13. The molecule has 4 nitrogen and oxygen atoms in total. The fourth-order valence-corrected chi connectivity index (χ4v) is 0.875. The molecule has 0 radical (unpaired) electrons. The van der Waals surface area contributed by atoms with Gasteiger partial charge in [0.05, 0.1) is 12.5 Å². The monoisotopic (exact) mass is 168 g/mol. The molecule has 0 unspecified atom stereocenters. The first kappa shape index (κ1) is 8.71. The van der Waals surface area contributed by atoms with Gasteiger partial charge in [-0.3, -0.25) is 0 Å². The summed E-state index contributed by atoms with van der Waals surface area (Å²) in [4.78, 5) is 3.75. The largest absolute Gasteiger partial charge is 0.226 e. The zero-order chi connectivity index (χ0) is 9.68. The van der Waals surface area contributed by atoms with Crippen molar-refractivity contribution in [2.24, 2.45) is 0 Å². The molecule has 0 aliphatic rings. The van der Waals surface area contributed by atoms with Gasteiger partial charge in [0, 0.05) is 5.56 Å². The van der Waals surface area contributed by atoms with Crippen LogP contribution in [0.4, 0.5) is 0 Å². The molecule has 4 heteroatoms. The lowest BCUT2D eigenvalue weighted by Crippen LogP contribution is -1.94. The molecule has 0 amide bonds. The van der Waals surface area contributed by atoms with Crippen LogP contribution in [0, 0.1) is 34.0 Å². The first-order valence-electron chi connectivity index (χ1n) is 3.49. The summed E-state index contributed by atoms with van der Waals surface area (Å²) in [7, 11) is 0. The van der Waals surface area contributed by atoms with Crippen LogP contribution < -0.4 is 0 Å². The van der Waals surface area contributed by atoms with Gasteiger partial charge in [0.2, 0.25) is 0 Å². The highest BCUT2D eigenvalue weighted by atomic mass is 14.7. The molecule has 1 aromatic heterocycles. The SMILES string of the molecule is N#CCc1ccc(C#N)nc1C#N. The molecular formula is C9H4N4. The molecule has 0 aliphatic carbocycles. The first-order chi connectivity index (χ1) is 6.31. The zero-order valence-corrected chi connectivity index (χ0v) is 6.65. The standard InChI is InChI=1S/C9H4N4/c10-4-3-7-1-2-8(5-11)13-9(7)6-12/h1-2H,3H2. The second-order valence-corrected chi connectivity index (χ2v) is 2.26. The lowest BCUT2D eigenvalue weighted by atomic mass is 10.1. The van der Waals surface area contributed by atoms with Crippen LogP contribution in [0.3, 0.4) is 0 Å². The molecule has 60 valence electrons. The number of rotatable bonds is 1. The second-order valence-electron chi connectivity index (χ2n) is 2.26. The van der Waals surface area contributed by atoms with Crippen LogP contribution in [-0.2, 0) is 6.42 Å². The third kappa shape index (κ3) is 1.80. The summed E-state index contributed by atoms with van der Waals surface area (Å²) >= 11 is 0. The third-order valence-electron chi connectivity index (χ3n) is 1.47. The van der Waals surface area contributed by atoms with Gasteiger partial charge in [-0.15, -0.1) is 0 Å². The van der Waals surface area contributed by atoms with Crippen molar-refractivity contribution in [3.05, 3.63) is 29.1 Å². The van der Waals surface area contributed by atoms with Gasteiger partial charge >= 0.3 is 0 Å². The average molecular weight is 168 g/mol. The van der Waals surface area contributed by atoms with Gasteiger partial charge in [-0.1, -0.05) is 6.07 Å². The van der Waals surface area contributed by atoms with Gasteiger partial charge in [0.1, 0.15) is 23.5 Å². The molecule has 1 aromatic rings. The molecule has 1 rings (SSSR count). The third-order valence-corrected chi connectivity index (χ3v) is 1.47. The van der Waals surface area contributed by atoms with Crippen molar-refractivity contribution in [1.29, 1.82) is 15.8 Å². The van der Waals surface area contributed by atoms with Crippen LogP contribution >= 0.6 is 0 Å². The second kappa shape index (κ2) is 3.85. The maximum Gasteiger partial charge on any atom is 0.146 e. The van der Waals surface area contributed by atoms with E-state index in [1.54, 1.807) is 6.07 Å². The zero-order valence-electron chi connectivity index (χ0n) is 6.65. The van der Waals surface area contributed by atoms with Crippen molar-refractivity contribution in [3.8, 4) is 18.2 Å². The number of nitriles is 3. The average Bonchev–Trinajstić information content (AvgIpc) is 2.19. The van der Waals surface area contributed by atoms with E-state index < -0.39 is 0 Å². The lowest BCUT2D eigenvalue weighted by Gasteiger charge is -1.96. The van der Waals surface area contributed by atoms with Gasteiger partial charge in [0.25, 0.3) is 0 Å². The van der Waals surface area contributed by atoms with Gasteiger partial charge in [-0.25, -0.2) is 4.98 Å². The van der Waals surface area contributed by atoms with Crippen LogP contribution in [0.15, 0.2) is 12.1 Å². The highest BCUT2D eigenvalue weighted by Gasteiger charge is 2.03. The van der Waals surface area contributed by atoms with E-state index in [-0.39, 0.29) is 17.8 Å². The fraction of sp³-hybridized carbons (Fsp3) is 0.111. The smallest absolute Gasteiger partial charge is 0.146 e. The molecular weight excluding hydrogens is 164 g/mol. The summed E-state index contributed by atoms with van der Waals surface area (Å²) in [6.45, 7) is 0. The Morgan fingerprint density at radius 1 is 1.15 bits per heavy atom. The summed E-state index contributed by atoms with van der Waals surface area (Å²) in [6, 6.07) is 8.66. The van der Waals surface area contributed by atoms with Crippen LogP contribution in [0.1, 0.15) is 17.0 Å². The van der Waals surface area contributed by atoms with Crippen molar-refractivity contribution in [2.45, 2.75) is 6.42 Å². The van der Waals surface area contributed by atoms with Crippen molar-refractivity contribution >= 4 is 0 Å². The van der Waals surface area contributed by atoms with Gasteiger partial charge < -0.3 is 0 Å². The van der Waals surface area contributed by atoms with Crippen molar-refractivity contribution in [1.82, 2.24) is 4.98 Å². The van der Waals surface area contributed by atoms with E-state index >= 15 is 0 Å². The molecule has 1 heterocycles. The molecule has 0 N–H and O–H groups in total. The number of hydrogen-bond acceptors (Lipinski definition) is 4. The number of nitrogens with zero attached hydrogens (tertiary/aromatic N) is 4. The Bertz CT molecular complexity index is 442. The van der Waals surface area contributed by atoms with Gasteiger partial charge in [-0.05, 0) is 6.07 Å². The Kier molecular flexibility index (Phi) is 2.58. The summed E-state index contributed by atoms with van der Waals surface area (Å²) < 4.78 is 0. The quantitative estimate of drug-likeness (QED) is 0.623. The predicted octanol–water partition coefficient (Wildman–Crippen LogP) is 0.891. The molecule has 0 bridgehead atoms. The van der Waals surface area contributed by atoms with E-state index in [1.165, 1.54) is 6.07 Å². The summed E-state index contributed by atoms with van der Waals surface area (Å²) in [5, 5.41) is 25.5. The van der Waals surface area contributed by atoms with Crippen LogP contribution in [0.5, 0.6) is 0 Å². The van der Waals surface area contributed by atoms with Crippen LogP contribution in [-0.4, -0.2) is 4.98 Å². The summed E-state index contributed by atoms with van der Waals surface area (Å²) in [6.07, 6.45) is 0.140. The Morgan fingerprint density at radius 2 is 1.92 bits per heavy atom. The van der Waals surface area contributed by atoms with Crippen LogP contribution in [0.25, 0.3) is 0 Å². The molecule has 0 aliphatic heterocycles. The van der Waals surface area contributed by atoms with Crippen molar-refractivity contribution in [3.63, 3.8) is 0 Å². The minimum Gasteiger partial charge on any atom is -0.226 e. The van der Waals surface area contributed by atoms with Crippen molar-refractivity contribution < 1.29 is 0 Å². The molecule has 0 atom stereocenters. The van der Waals surface area contributed by atoms with Crippen molar-refractivity contribution in [2.75, 3.05) is 0 Å². The Morgan fingerprint density at radius 3 is 2.46 bits per heavy atom. The minimum atomic E-state index is 0.140. The summed E-state index contributed by atoms with van der Waals surface area (Å²) in [5.41, 5.74) is 0.905. The first-order valence-corrected chi connectivity index (χ1v) is 3.49. The molecule has 0 fully saturated rings. The van der Waals surface area contributed by atoms with E-state index in [4.69, 9.17) is 15.8 Å². The van der Waals surface area contributed by atoms with E-state index in [0.717, 1.165) is 0 Å². The fourth-order valence-electron chi connectivity index (χ4n) is 0.875. The molecule has 0 spiro atoms. The predicted molar refractivity (Wildman–Crippen MR) is 43.0 cm³/mol. The summed E-state index contributed by atoms with van der Waals surface area (Å²) in [5.74, 6) is 0. The highest BCUT2D eigenvalue weighted by Crippen LogP contribution is 2.06. The van der Waals surface area contributed by atoms with E-state index in [9.17, 15) is 0 Å². The van der Waals surface area contributed by atoms with Gasteiger partial charge in [-0.2, -0.15) is 15.8 Å². The van der Waals surface area contributed by atoms with E-state index in [1.807, 2.05) is 18.2 Å². The highest BCUT2D eigenvalue weighted by molar-refractivity contribution is 5.37. The number of aromatic nitrogens is 1. The Balaban J connectivity index is 3.21. The molecule has 13 heavy (non-hydrogen) atoms. The maximum atomic E-state index is 8.63. The minimum absolute atomic E-state index is 0.140. The van der Waals surface area contributed by atoms with E-state index in [0.29, 0.717) is 5.56 Å². The Hall–Kier alpha value is -2.38. The van der Waals surface area contributed by atoms with Crippen LogP contribution in [0.2, 0.25) is 0 Å². The van der Waals surface area contributed by atoms with Gasteiger partial charge in [0.15, 0.2) is 0 Å². The molecule has 0 saturated carbocycles. The Labute approximate surface area is 75.3 Å².